The molecular weight excluding hydrogens is 388 g/mol. The van der Waals surface area contributed by atoms with Gasteiger partial charge in [0.1, 0.15) is 17.8 Å². The minimum Gasteiger partial charge on any atom is -0.508 e. The number of nitrogens with zero attached hydrogens (tertiary/aromatic N) is 4. The van der Waals surface area contributed by atoms with E-state index in [1.807, 2.05) is 49.4 Å². The van der Waals surface area contributed by atoms with Gasteiger partial charge in [0.2, 0.25) is 5.88 Å². The molecule has 0 saturated carbocycles. The molecule has 3 aromatic carbocycles. The summed E-state index contributed by atoms with van der Waals surface area (Å²) < 4.78 is 7.81. The molecule has 1 aliphatic rings. The summed E-state index contributed by atoms with van der Waals surface area (Å²) in [5.41, 5.74) is 5.71. The standard InChI is InChI=1S/C25H18N4O2/c1-15-6-5-9-17(12-15)23-27-24-22-21(16-7-3-2-4-8-16)19-11-10-18(30)13-20(19)31-25(22)26-14-29(24)28-23/h2-14,21,30H,1H3/t21-/m1/s1. The summed E-state index contributed by atoms with van der Waals surface area (Å²) in [4.78, 5) is 9.42. The number of benzene rings is 3. The lowest BCUT2D eigenvalue weighted by atomic mass is 9.84. The Morgan fingerprint density at radius 3 is 2.68 bits per heavy atom. The first-order valence-electron chi connectivity index (χ1n) is 10.1. The third-order valence-electron chi connectivity index (χ3n) is 5.60. The van der Waals surface area contributed by atoms with Gasteiger partial charge >= 0.3 is 0 Å². The van der Waals surface area contributed by atoms with Crippen LogP contribution in [0, 0.1) is 6.92 Å². The van der Waals surface area contributed by atoms with Crippen LogP contribution in [0.5, 0.6) is 17.4 Å². The maximum absolute atomic E-state index is 9.99. The van der Waals surface area contributed by atoms with Crippen molar-refractivity contribution in [2.75, 3.05) is 0 Å². The number of aryl methyl sites for hydroxylation is 1. The quantitative estimate of drug-likeness (QED) is 0.434. The molecule has 31 heavy (non-hydrogen) atoms. The van der Waals surface area contributed by atoms with Crippen LogP contribution in [0.3, 0.4) is 0 Å². The lowest BCUT2D eigenvalue weighted by Crippen LogP contribution is -2.14. The molecule has 0 spiro atoms. The van der Waals surface area contributed by atoms with Gasteiger partial charge in [-0.15, -0.1) is 5.10 Å². The summed E-state index contributed by atoms with van der Waals surface area (Å²) in [5, 5.41) is 14.7. The second kappa shape index (κ2) is 6.67. The van der Waals surface area contributed by atoms with Crippen LogP contribution < -0.4 is 4.74 Å². The Kier molecular flexibility index (Phi) is 3.80. The summed E-state index contributed by atoms with van der Waals surface area (Å²) in [5.74, 6) is 1.71. The van der Waals surface area contributed by atoms with Crippen molar-refractivity contribution in [3.8, 4) is 28.8 Å². The molecule has 0 radical (unpaired) electrons. The average molecular weight is 406 g/mol. The second-order valence-electron chi connectivity index (χ2n) is 7.70. The number of aromatic nitrogens is 4. The zero-order valence-electron chi connectivity index (χ0n) is 16.7. The highest BCUT2D eigenvalue weighted by molar-refractivity contribution is 5.68. The molecule has 0 amide bonds. The van der Waals surface area contributed by atoms with E-state index in [9.17, 15) is 5.11 Å². The first kappa shape index (κ1) is 17.7. The molecule has 3 heterocycles. The Morgan fingerprint density at radius 1 is 0.968 bits per heavy atom. The van der Waals surface area contributed by atoms with Crippen molar-refractivity contribution >= 4 is 5.65 Å². The van der Waals surface area contributed by atoms with E-state index in [0.717, 1.165) is 27.8 Å². The SMILES string of the molecule is Cc1cccc(-c2nc3c4c(ncn3n2)Oc2cc(O)ccc2[C@H]4c2ccccc2)c1. The van der Waals surface area contributed by atoms with Gasteiger partial charge in [-0.25, -0.2) is 14.5 Å². The molecular formula is C25H18N4O2. The second-order valence-corrected chi connectivity index (χ2v) is 7.70. The molecule has 6 heteroatoms. The van der Waals surface area contributed by atoms with E-state index >= 15 is 0 Å². The van der Waals surface area contributed by atoms with Gasteiger partial charge in [0.25, 0.3) is 0 Å². The molecule has 1 aliphatic heterocycles. The van der Waals surface area contributed by atoms with Crippen molar-refractivity contribution in [1.29, 1.82) is 0 Å². The van der Waals surface area contributed by atoms with Crippen LogP contribution in [-0.2, 0) is 0 Å². The summed E-state index contributed by atoms with van der Waals surface area (Å²) >= 11 is 0. The first-order chi connectivity index (χ1) is 15.2. The fourth-order valence-corrected chi connectivity index (χ4v) is 4.20. The van der Waals surface area contributed by atoms with Crippen LogP contribution >= 0.6 is 0 Å². The van der Waals surface area contributed by atoms with Crippen LogP contribution in [0.1, 0.15) is 28.2 Å². The van der Waals surface area contributed by atoms with Crippen molar-refractivity contribution in [2.45, 2.75) is 12.8 Å². The predicted octanol–water partition coefficient (Wildman–Crippen LogP) is 5.09. The Labute approximate surface area is 178 Å². The number of aromatic hydroxyl groups is 1. The van der Waals surface area contributed by atoms with Gasteiger partial charge in [-0.1, -0.05) is 60.2 Å². The number of ether oxygens (including phenoxy) is 1. The number of phenolic OH excluding ortho intramolecular Hbond substituents is 1. The number of rotatable bonds is 2. The molecule has 0 unspecified atom stereocenters. The van der Waals surface area contributed by atoms with E-state index in [1.54, 1.807) is 23.0 Å². The van der Waals surface area contributed by atoms with Crippen LogP contribution in [0.2, 0.25) is 0 Å². The normalized spacial score (nSPS) is 14.7. The Bertz CT molecular complexity index is 1440. The van der Waals surface area contributed by atoms with Gasteiger partial charge in [0, 0.05) is 23.1 Å². The van der Waals surface area contributed by atoms with Gasteiger partial charge in [0.05, 0.1) is 5.56 Å². The van der Waals surface area contributed by atoms with Gasteiger partial charge in [-0.05, 0) is 24.6 Å². The summed E-state index contributed by atoms with van der Waals surface area (Å²) in [6.07, 6.45) is 1.62. The Morgan fingerprint density at radius 2 is 1.84 bits per heavy atom. The summed E-state index contributed by atoms with van der Waals surface area (Å²) in [7, 11) is 0. The molecule has 6 rings (SSSR count). The summed E-state index contributed by atoms with van der Waals surface area (Å²) in [6, 6.07) is 23.5. The number of phenols is 1. The molecule has 0 bridgehead atoms. The maximum Gasteiger partial charge on any atom is 0.228 e. The molecule has 150 valence electrons. The number of hydrogen-bond acceptors (Lipinski definition) is 5. The number of fused-ring (bicyclic) bond motifs is 4. The monoisotopic (exact) mass is 406 g/mol. The van der Waals surface area contributed by atoms with Crippen molar-refractivity contribution in [3.63, 3.8) is 0 Å². The topological polar surface area (TPSA) is 72.5 Å². The van der Waals surface area contributed by atoms with E-state index in [4.69, 9.17) is 9.72 Å². The molecule has 0 saturated heterocycles. The third kappa shape index (κ3) is 2.84. The van der Waals surface area contributed by atoms with E-state index in [1.165, 1.54) is 0 Å². The van der Waals surface area contributed by atoms with Crippen LogP contribution in [0.4, 0.5) is 0 Å². The van der Waals surface area contributed by atoms with E-state index in [0.29, 0.717) is 23.1 Å². The predicted molar refractivity (Wildman–Crippen MR) is 117 cm³/mol. The highest BCUT2D eigenvalue weighted by atomic mass is 16.5. The highest BCUT2D eigenvalue weighted by Crippen LogP contribution is 2.48. The smallest absolute Gasteiger partial charge is 0.228 e. The van der Waals surface area contributed by atoms with Crippen LogP contribution in [0.25, 0.3) is 17.0 Å². The third-order valence-corrected chi connectivity index (χ3v) is 5.60. The average Bonchev–Trinajstić information content (AvgIpc) is 3.23. The first-order valence-corrected chi connectivity index (χ1v) is 10.1. The molecule has 2 aromatic heterocycles. The largest absolute Gasteiger partial charge is 0.508 e. The Hall–Kier alpha value is -4.19. The summed E-state index contributed by atoms with van der Waals surface area (Å²) in [6.45, 7) is 2.05. The van der Waals surface area contributed by atoms with E-state index in [-0.39, 0.29) is 11.7 Å². The van der Waals surface area contributed by atoms with Crippen molar-refractivity contribution in [2.24, 2.45) is 0 Å². The number of hydrogen-bond donors (Lipinski definition) is 1. The lowest BCUT2D eigenvalue weighted by Gasteiger charge is -2.27. The molecule has 0 aliphatic carbocycles. The molecule has 1 atom stereocenters. The van der Waals surface area contributed by atoms with E-state index < -0.39 is 0 Å². The lowest BCUT2D eigenvalue weighted by molar-refractivity contribution is 0.422. The van der Waals surface area contributed by atoms with Gasteiger partial charge in [-0.3, -0.25) is 0 Å². The Balaban J connectivity index is 1.62. The molecule has 0 fully saturated rings. The van der Waals surface area contributed by atoms with Crippen LogP contribution in [-0.4, -0.2) is 24.7 Å². The zero-order chi connectivity index (χ0) is 20.9. The molecule has 5 aromatic rings. The molecule has 1 N–H and O–H groups in total. The van der Waals surface area contributed by atoms with Crippen molar-refractivity contribution in [1.82, 2.24) is 19.6 Å². The molecule has 6 nitrogen and oxygen atoms in total. The van der Waals surface area contributed by atoms with Crippen molar-refractivity contribution < 1.29 is 9.84 Å². The minimum atomic E-state index is -0.147. The van der Waals surface area contributed by atoms with Crippen molar-refractivity contribution in [3.05, 3.63) is 101 Å². The van der Waals surface area contributed by atoms with E-state index in [2.05, 4.69) is 28.3 Å². The fraction of sp³-hybridized carbons (Fsp3) is 0.0800. The van der Waals surface area contributed by atoms with Gasteiger partial charge in [-0.2, -0.15) is 0 Å². The zero-order valence-corrected chi connectivity index (χ0v) is 16.7. The van der Waals surface area contributed by atoms with Gasteiger partial charge in [0.15, 0.2) is 11.5 Å². The van der Waals surface area contributed by atoms with Crippen LogP contribution in [0.15, 0.2) is 79.1 Å². The fourth-order valence-electron chi connectivity index (χ4n) is 4.20. The highest BCUT2D eigenvalue weighted by Gasteiger charge is 2.33. The maximum atomic E-state index is 9.99. The van der Waals surface area contributed by atoms with Gasteiger partial charge < -0.3 is 9.84 Å². The minimum absolute atomic E-state index is 0.147.